The summed E-state index contributed by atoms with van der Waals surface area (Å²) in [5.41, 5.74) is 0.659. The molecule has 0 unspecified atom stereocenters. The molecule has 0 atom stereocenters. The zero-order valence-corrected chi connectivity index (χ0v) is 13.9. The Hall–Kier alpha value is -3.68. The van der Waals surface area contributed by atoms with Gasteiger partial charge in [-0.15, -0.1) is 0 Å². The normalized spacial score (nSPS) is 10.3. The van der Waals surface area contributed by atoms with Gasteiger partial charge in [0.25, 0.3) is 5.91 Å². The van der Waals surface area contributed by atoms with E-state index in [9.17, 15) is 14.4 Å². The molecule has 1 aromatic carbocycles. The molecule has 0 radical (unpaired) electrons. The van der Waals surface area contributed by atoms with Crippen LogP contribution in [0.1, 0.15) is 10.4 Å². The lowest BCUT2D eigenvalue weighted by Gasteiger charge is -2.07. The maximum atomic E-state index is 12.4. The number of pyridine rings is 2. The number of nitrogens with one attached hydrogen (secondary N) is 3. The van der Waals surface area contributed by atoms with Crippen LogP contribution >= 0.6 is 0 Å². The van der Waals surface area contributed by atoms with E-state index in [4.69, 9.17) is 4.74 Å². The van der Waals surface area contributed by atoms with E-state index in [-0.39, 0.29) is 12.1 Å². The number of hydrogen-bond donors (Lipinski definition) is 3. The average molecular weight is 352 g/mol. The molecule has 0 aliphatic heterocycles. The molecule has 2 amide bonds. The minimum Gasteiger partial charge on any atom is -0.481 e. The van der Waals surface area contributed by atoms with Gasteiger partial charge in [0, 0.05) is 23.2 Å². The van der Waals surface area contributed by atoms with Gasteiger partial charge in [0.05, 0.1) is 25.5 Å². The van der Waals surface area contributed by atoms with Gasteiger partial charge in [0.2, 0.25) is 17.2 Å². The van der Waals surface area contributed by atoms with E-state index in [0.717, 1.165) is 0 Å². The molecule has 2 aromatic heterocycles. The fourth-order valence-electron chi connectivity index (χ4n) is 2.37. The molecule has 0 fully saturated rings. The van der Waals surface area contributed by atoms with Crippen molar-refractivity contribution >= 4 is 28.4 Å². The zero-order chi connectivity index (χ0) is 18.5. The van der Waals surface area contributed by atoms with Crippen molar-refractivity contribution in [2.75, 3.05) is 19.0 Å². The van der Waals surface area contributed by atoms with Gasteiger partial charge in [-0.3, -0.25) is 14.4 Å². The molecule has 132 valence electrons. The summed E-state index contributed by atoms with van der Waals surface area (Å²) in [6, 6.07) is 10.1. The van der Waals surface area contributed by atoms with E-state index >= 15 is 0 Å². The van der Waals surface area contributed by atoms with Crippen molar-refractivity contribution < 1.29 is 14.3 Å². The molecule has 0 saturated heterocycles. The monoisotopic (exact) mass is 352 g/mol. The van der Waals surface area contributed by atoms with Crippen molar-refractivity contribution in [3.8, 4) is 5.88 Å². The molecule has 26 heavy (non-hydrogen) atoms. The Balaban J connectivity index is 1.64. The Morgan fingerprint density at radius 3 is 2.73 bits per heavy atom. The lowest BCUT2D eigenvalue weighted by atomic mass is 10.1. The predicted octanol–water partition coefficient (Wildman–Crippen LogP) is 1.30. The second kappa shape index (κ2) is 7.47. The van der Waals surface area contributed by atoms with Gasteiger partial charge in [-0.25, -0.2) is 4.98 Å². The second-order valence-corrected chi connectivity index (χ2v) is 5.40. The molecule has 3 rings (SSSR count). The fraction of sp³-hybridized carbons (Fsp3) is 0.111. The highest BCUT2D eigenvalue weighted by Gasteiger charge is 2.14. The Bertz CT molecular complexity index is 1010. The Kier molecular flexibility index (Phi) is 4.93. The van der Waals surface area contributed by atoms with Crippen LogP contribution in [0.15, 0.2) is 53.6 Å². The molecule has 8 heteroatoms. The van der Waals surface area contributed by atoms with Crippen molar-refractivity contribution in [3.63, 3.8) is 0 Å². The largest absolute Gasteiger partial charge is 0.481 e. The predicted molar refractivity (Wildman–Crippen MR) is 96.3 cm³/mol. The number of anilines is 1. The SMILES string of the molecule is COc1ccc(NC(=O)CNC(=O)c2c[nH]c3ccccc3c2=O)cn1. The highest BCUT2D eigenvalue weighted by atomic mass is 16.5. The number of rotatable bonds is 5. The third-order valence-corrected chi connectivity index (χ3v) is 3.67. The first-order valence-corrected chi connectivity index (χ1v) is 7.77. The molecular weight excluding hydrogens is 336 g/mol. The van der Waals surface area contributed by atoms with Crippen LogP contribution in [0.5, 0.6) is 5.88 Å². The van der Waals surface area contributed by atoms with Crippen LogP contribution in [-0.4, -0.2) is 35.4 Å². The summed E-state index contributed by atoms with van der Waals surface area (Å²) in [6.45, 7) is -0.281. The van der Waals surface area contributed by atoms with Gasteiger partial charge in [0.1, 0.15) is 5.56 Å². The topological polar surface area (TPSA) is 113 Å². The number of H-pyrrole nitrogens is 1. The van der Waals surface area contributed by atoms with Gasteiger partial charge in [-0.1, -0.05) is 12.1 Å². The smallest absolute Gasteiger partial charge is 0.257 e. The minimum absolute atomic E-state index is 0.0531. The van der Waals surface area contributed by atoms with Crippen LogP contribution in [0.2, 0.25) is 0 Å². The molecular formula is C18H16N4O4. The van der Waals surface area contributed by atoms with E-state index in [1.54, 1.807) is 36.4 Å². The van der Waals surface area contributed by atoms with Gasteiger partial charge < -0.3 is 20.4 Å². The standard InChI is InChI=1S/C18H16N4O4/c1-26-16-7-6-11(8-20-16)22-15(23)10-21-18(25)13-9-19-14-5-3-2-4-12(14)17(13)24/h2-9H,10H2,1H3,(H,19,24)(H,21,25)(H,22,23). The van der Waals surface area contributed by atoms with Crippen LogP contribution in [0.3, 0.4) is 0 Å². The number of amides is 2. The fourth-order valence-corrected chi connectivity index (χ4v) is 2.37. The summed E-state index contributed by atoms with van der Waals surface area (Å²) in [5, 5.41) is 5.43. The number of hydrogen-bond acceptors (Lipinski definition) is 5. The van der Waals surface area contributed by atoms with Crippen LogP contribution in [-0.2, 0) is 4.79 Å². The molecule has 3 N–H and O–H groups in total. The van der Waals surface area contributed by atoms with E-state index in [2.05, 4.69) is 20.6 Å². The quantitative estimate of drug-likeness (QED) is 0.640. The summed E-state index contributed by atoms with van der Waals surface area (Å²) < 4.78 is 4.93. The Morgan fingerprint density at radius 2 is 2.00 bits per heavy atom. The molecule has 0 aliphatic rings. The number of ether oxygens (including phenoxy) is 1. The number of aromatic nitrogens is 2. The molecule has 0 saturated carbocycles. The molecule has 0 aliphatic carbocycles. The number of fused-ring (bicyclic) bond motifs is 1. The third kappa shape index (κ3) is 3.69. The van der Waals surface area contributed by atoms with E-state index < -0.39 is 17.2 Å². The Labute approximate surface area is 148 Å². The van der Waals surface area contributed by atoms with E-state index in [0.29, 0.717) is 22.5 Å². The first-order valence-electron chi connectivity index (χ1n) is 7.77. The van der Waals surface area contributed by atoms with Gasteiger partial charge >= 0.3 is 0 Å². The average Bonchev–Trinajstić information content (AvgIpc) is 2.67. The Morgan fingerprint density at radius 1 is 1.19 bits per heavy atom. The summed E-state index contributed by atoms with van der Waals surface area (Å²) in [7, 11) is 1.49. The van der Waals surface area contributed by atoms with Crippen molar-refractivity contribution in [1.29, 1.82) is 0 Å². The van der Waals surface area contributed by atoms with Crippen LogP contribution in [0.4, 0.5) is 5.69 Å². The van der Waals surface area contributed by atoms with Gasteiger partial charge in [-0.2, -0.15) is 0 Å². The number of methoxy groups -OCH3 is 1. The summed E-state index contributed by atoms with van der Waals surface area (Å²) in [5.74, 6) is -0.644. The maximum absolute atomic E-state index is 12.4. The minimum atomic E-state index is -0.625. The van der Waals surface area contributed by atoms with E-state index in [1.807, 2.05) is 0 Å². The van der Waals surface area contributed by atoms with Crippen LogP contribution in [0, 0.1) is 0 Å². The summed E-state index contributed by atoms with van der Waals surface area (Å²) in [6.07, 6.45) is 2.78. The van der Waals surface area contributed by atoms with Crippen molar-refractivity contribution in [1.82, 2.24) is 15.3 Å². The highest BCUT2D eigenvalue weighted by molar-refractivity contribution is 6.00. The number of aromatic amines is 1. The highest BCUT2D eigenvalue weighted by Crippen LogP contribution is 2.10. The lowest BCUT2D eigenvalue weighted by molar-refractivity contribution is -0.115. The van der Waals surface area contributed by atoms with Crippen molar-refractivity contribution in [3.05, 3.63) is 64.6 Å². The first-order chi connectivity index (χ1) is 12.6. The zero-order valence-electron chi connectivity index (χ0n) is 13.9. The van der Waals surface area contributed by atoms with Crippen LogP contribution in [0.25, 0.3) is 10.9 Å². The molecule has 2 heterocycles. The summed E-state index contributed by atoms with van der Waals surface area (Å²) >= 11 is 0. The molecule has 8 nitrogen and oxygen atoms in total. The number of carbonyl (C=O) groups excluding carboxylic acids is 2. The molecule has 0 spiro atoms. The number of para-hydroxylation sites is 1. The van der Waals surface area contributed by atoms with Crippen molar-refractivity contribution in [2.24, 2.45) is 0 Å². The molecule has 3 aromatic rings. The van der Waals surface area contributed by atoms with Gasteiger partial charge in [-0.05, 0) is 18.2 Å². The van der Waals surface area contributed by atoms with Gasteiger partial charge in [0.15, 0.2) is 0 Å². The van der Waals surface area contributed by atoms with Crippen LogP contribution < -0.4 is 20.8 Å². The van der Waals surface area contributed by atoms with E-state index in [1.165, 1.54) is 19.5 Å². The maximum Gasteiger partial charge on any atom is 0.257 e. The number of nitrogens with zero attached hydrogens (tertiary/aromatic N) is 1. The molecule has 0 bridgehead atoms. The summed E-state index contributed by atoms with van der Waals surface area (Å²) in [4.78, 5) is 43.4. The third-order valence-electron chi connectivity index (χ3n) is 3.67. The number of benzene rings is 1. The van der Waals surface area contributed by atoms with Crippen molar-refractivity contribution in [2.45, 2.75) is 0 Å². The lowest BCUT2D eigenvalue weighted by Crippen LogP contribution is -2.35. The first kappa shape index (κ1) is 17.2. The number of carbonyl (C=O) groups is 2. The second-order valence-electron chi connectivity index (χ2n) is 5.40.